The van der Waals surface area contributed by atoms with E-state index in [9.17, 15) is 9.90 Å². The van der Waals surface area contributed by atoms with E-state index in [1.54, 1.807) is 12.1 Å². The van der Waals surface area contributed by atoms with E-state index in [2.05, 4.69) is 44.6 Å². The summed E-state index contributed by atoms with van der Waals surface area (Å²) < 4.78 is 0. The Morgan fingerprint density at radius 3 is 2.38 bits per heavy atom. The van der Waals surface area contributed by atoms with E-state index < -0.39 is 0 Å². The maximum absolute atomic E-state index is 11.9. The number of carbonyl (C=O) groups excluding carboxylic acids is 1. The average Bonchev–Trinajstić information content (AvgIpc) is 2.37. The standard InChI is InChI=1S/C17H20N2O2/c1-10-11(2)19-16(21)14(18-10)9-12-8-13(17(3,4)5)6-7-15(12)20/h6-9,18,20H,1-2H2,3-5H3,(H,19,21)/b14-9-. The summed E-state index contributed by atoms with van der Waals surface area (Å²) in [5.74, 6) is -0.173. The van der Waals surface area contributed by atoms with Gasteiger partial charge in [-0.25, -0.2) is 0 Å². The van der Waals surface area contributed by atoms with Crippen molar-refractivity contribution in [1.29, 1.82) is 0 Å². The van der Waals surface area contributed by atoms with Crippen LogP contribution in [0.2, 0.25) is 0 Å². The van der Waals surface area contributed by atoms with Crippen molar-refractivity contribution in [3.05, 3.63) is 59.6 Å². The number of nitrogens with one attached hydrogen (secondary N) is 2. The van der Waals surface area contributed by atoms with Crippen LogP contribution < -0.4 is 10.6 Å². The Labute approximate surface area is 124 Å². The summed E-state index contributed by atoms with van der Waals surface area (Å²) in [6.07, 6.45) is 1.61. The summed E-state index contributed by atoms with van der Waals surface area (Å²) in [6.45, 7) is 13.7. The quantitative estimate of drug-likeness (QED) is 0.695. The molecule has 0 aliphatic carbocycles. The third kappa shape index (κ3) is 3.16. The number of carbonyl (C=O) groups is 1. The van der Waals surface area contributed by atoms with Crippen molar-refractivity contribution in [1.82, 2.24) is 10.6 Å². The average molecular weight is 284 g/mol. The van der Waals surface area contributed by atoms with Crippen LogP contribution in [0.3, 0.4) is 0 Å². The molecule has 1 amide bonds. The van der Waals surface area contributed by atoms with Gasteiger partial charge in [0.05, 0.1) is 11.4 Å². The van der Waals surface area contributed by atoms with Crippen LogP contribution in [-0.2, 0) is 10.2 Å². The lowest BCUT2D eigenvalue weighted by molar-refractivity contribution is -0.117. The largest absolute Gasteiger partial charge is 0.507 e. The van der Waals surface area contributed by atoms with Gasteiger partial charge in [-0.1, -0.05) is 40.0 Å². The fourth-order valence-electron chi connectivity index (χ4n) is 1.97. The highest BCUT2D eigenvalue weighted by molar-refractivity contribution is 6.00. The molecule has 0 unspecified atom stereocenters. The van der Waals surface area contributed by atoms with Crippen molar-refractivity contribution in [3.63, 3.8) is 0 Å². The molecule has 1 aliphatic rings. The second-order valence-electron chi connectivity index (χ2n) is 6.12. The van der Waals surface area contributed by atoms with Crippen molar-refractivity contribution >= 4 is 12.0 Å². The van der Waals surface area contributed by atoms with E-state index >= 15 is 0 Å². The number of hydrogen-bond donors (Lipinski definition) is 3. The second-order valence-corrected chi connectivity index (χ2v) is 6.12. The highest BCUT2D eigenvalue weighted by Crippen LogP contribution is 2.29. The van der Waals surface area contributed by atoms with Crippen LogP contribution in [0.4, 0.5) is 0 Å². The van der Waals surface area contributed by atoms with Crippen molar-refractivity contribution in [2.24, 2.45) is 0 Å². The van der Waals surface area contributed by atoms with Crippen molar-refractivity contribution in [2.75, 3.05) is 0 Å². The zero-order valence-corrected chi connectivity index (χ0v) is 12.6. The monoisotopic (exact) mass is 284 g/mol. The van der Waals surface area contributed by atoms with Gasteiger partial charge in [-0.3, -0.25) is 4.79 Å². The van der Waals surface area contributed by atoms with Crippen molar-refractivity contribution in [2.45, 2.75) is 26.2 Å². The van der Waals surface area contributed by atoms with Gasteiger partial charge in [0, 0.05) is 5.56 Å². The van der Waals surface area contributed by atoms with Crippen LogP contribution in [0.1, 0.15) is 31.9 Å². The molecule has 21 heavy (non-hydrogen) atoms. The normalized spacial score (nSPS) is 17.7. The summed E-state index contributed by atoms with van der Waals surface area (Å²) in [5, 5.41) is 15.5. The first-order valence-corrected chi connectivity index (χ1v) is 6.70. The summed E-state index contributed by atoms with van der Waals surface area (Å²) in [5.41, 5.74) is 2.93. The minimum atomic E-state index is -0.298. The van der Waals surface area contributed by atoms with Crippen LogP contribution in [0.25, 0.3) is 6.08 Å². The number of hydrogen-bond acceptors (Lipinski definition) is 3. The molecule has 1 saturated heterocycles. The van der Waals surface area contributed by atoms with Crippen LogP contribution in [0.5, 0.6) is 5.75 Å². The maximum atomic E-state index is 11.9. The molecule has 0 radical (unpaired) electrons. The Morgan fingerprint density at radius 2 is 1.76 bits per heavy atom. The van der Waals surface area contributed by atoms with Crippen LogP contribution in [0, 0.1) is 0 Å². The second kappa shape index (κ2) is 5.13. The van der Waals surface area contributed by atoms with E-state index in [0.717, 1.165) is 5.56 Å². The number of aromatic hydroxyl groups is 1. The molecule has 110 valence electrons. The lowest BCUT2D eigenvalue weighted by Crippen LogP contribution is -2.38. The molecule has 1 heterocycles. The van der Waals surface area contributed by atoms with Gasteiger partial charge in [0.2, 0.25) is 0 Å². The molecular formula is C17H20N2O2. The van der Waals surface area contributed by atoms with Gasteiger partial charge in [0.25, 0.3) is 5.91 Å². The molecule has 4 nitrogen and oxygen atoms in total. The van der Waals surface area contributed by atoms with E-state index in [4.69, 9.17) is 0 Å². The fourth-order valence-corrected chi connectivity index (χ4v) is 1.97. The summed E-state index contributed by atoms with van der Waals surface area (Å²) in [6, 6.07) is 5.40. The third-order valence-electron chi connectivity index (χ3n) is 3.35. The lowest BCUT2D eigenvalue weighted by atomic mass is 9.86. The molecule has 0 aromatic heterocycles. The molecule has 3 N–H and O–H groups in total. The number of phenols is 1. The topological polar surface area (TPSA) is 61.4 Å². The maximum Gasteiger partial charge on any atom is 0.272 e. The van der Waals surface area contributed by atoms with E-state index in [-0.39, 0.29) is 17.1 Å². The number of phenolic OH excluding ortho intramolecular Hbond substituents is 1. The van der Waals surface area contributed by atoms with Gasteiger partial charge in [-0.05, 0) is 29.2 Å². The van der Waals surface area contributed by atoms with Gasteiger partial charge in [0.1, 0.15) is 11.4 Å². The minimum absolute atomic E-state index is 0.0406. The first-order chi connectivity index (χ1) is 9.68. The lowest BCUT2D eigenvalue weighted by Gasteiger charge is -2.22. The van der Waals surface area contributed by atoms with E-state index in [1.807, 2.05) is 12.1 Å². The van der Waals surface area contributed by atoms with Crippen LogP contribution >= 0.6 is 0 Å². The smallest absolute Gasteiger partial charge is 0.272 e. The Morgan fingerprint density at radius 1 is 1.14 bits per heavy atom. The molecule has 0 bridgehead atoms. The number of benzene rings is 1. The van der Waals surface area contributed by atoms with Gasteiger partial charge in [-0.2, -0.15) is 0 Å². The first-order valence-electron chi connectivity index (χ1n) is 6.70. The highest BCUT2D eigenvalue weighted by Gasteiger charge is 2.20. The van der Waals surface area contributed by atoms with Crippen LogP contribution in [0.15, 0.2) is 48.4 Å². The summed E-state index contributed by atoms with van der Waals surface area (Å²) in [4.78, 5) is 11.9. The third-order valence-corrected chi connectivity index (χ3v) is 3.35. The number of amides is 1. The Balaban J connectivity index is 2.42. The molecule has 0 atom stereocenters. The fraction of sp³-hybridized carbons (Fsp3) is 0.235. The Hall–Kier alpha value is -2.49. The number of piperazine rings is 1. The predicted octanol–water partition coefficient (Wildman–Crippen LogP) is 2.78. The molecule has 1 aliphatic heterocycles. The first kappa shape index (κ1) is 14.9. The zero-order chi connectivity index (χ0) is 15.8. The van der Waals surface area contributed by atoms with Crippen molar-refractivity contribution in [3.8, 4) is 5.75 Å². The zero-order valence-electron chi connectivity index (χ0n) is 12.6. The molecule has 0 saturated carbocycles. The van der Waals surface area contributed by atoms with Gasteiger partial charge in [-0.15, -0.1) is 0 Å². The highest BCUT2D eigenvalue weighted by atomic mass is 16.3. The SMILES string of the molecule is C=C1NC(=O)/C(=C/c2cc(C(C)(C)C)ccc2O)NC1=C. The molecule has 1 fully saturated rings. The Bertz CT molecular complexity index is 664. The Kier molecular flexibility index (Phi) is 3.64. The molecule has 0 spiro atoms. The molecule has 1 aromatic rings. The molecule has 1 aromatic carbocycles. The van der Waals surface area contributed by atoms with Gasteiger partial charge < -0.3 is 15.7 Å². The predicted molar refractivity (Wildman–Crippen MR) is 84.3 cm³/mol. The summed E-state index contributed by atoms with van der Waals surface area (Å²) >= 11 is 0. The van der Waals surface area contributed by atoms with E-state index in [1.165, 1.54) is 0 Å². The molecular weight excluding hydrogens is 264 g/mol. The number of rotatable bonds is 1. The van der Waals surface area contributed by atoms with Crippen molar-refractivity contribution < 1.29 is 9.90 Å². The molecule has 2 rings (SSSR count). The minimum Gasteiger partial charge on any atom is -0.507 e. The van der Waals surface area contributed by atoms with Crippen LogP contribution in [-0.4, -0.2) is 11.0 Å². The van der Waals surface area contributed by atoms with Gasteiger partial charge in [0.15, 0.2) is 0 Å². The summed E-state index contributed by atoms with van der Waals surface area (Å²) in [7, 11) is 0. The van der Waals surface area contributed by atoms with E-state index in [0.29, 0.717) is 22.7 Å². The van der Waals surface area contributed by atoms with Gasteiger partial charge >= 0.3 is 0 Å². The molecule has 4 heteroatoms.